The van der Waals surface area contributed by atoms with Crippen LogP contribution in [0.4, 0.5) is 17.1 Å². The molecule has 0 saturated heterocycles. The second-order valence-corrected chi connectivity index (χ2v) is 15.2. The van der Waals surface area contributed by atoms with Crippen molar-refractivity contribution >= 4 is 81.1 Å². The zero-order valence-corrected chi connectivity index (χ0v) is 30.7. The quantitative estimate of drug-likeness (QED) is 0.166. The van der Waals surface area contributed by atoms with E-state index in [4.69, 9.17) is 0 Å². The second kappa shape index (κ2) is 12.9. The van der Waals surface area contributed by atoms with Crippen LogP contribution in [0.3, 0.4) is 0 Å². The standard InChI is InChI=1S/C52H34N2S/c1-4-14-35(15-5-1)37-26-30-48-47(32-37)51-45(33-38-16-10-11-21-43(38)52(51)54(48)40-19-8-3-9-20-40)36-24-27-41(28-25-36)53(39-17-6-2-7-18-39)42-29-31-50-46(34-42)44-22-12-13-23-49(44)55-50/h1-34H. The first-order chi connectivity index (χ1) is 27.3. The van der Waals surface area contributed by atoms with Gasteiger partial charge in [-0.3, -0.25) is 0 Å². The van der Waals surface area contributed by atoms with Crippen molar-refractivity contribution in [3.63, 3.8) is 0 Å². The van der Waals surface area contributed by atoms with Crippen LogP contribution >= 0.6 is 11.3 Å². The van der Waals surface area contributed by atoms with Crippen molar-refractivity contribution in [1.29, 1.82) is 0 Å². The monoisotopic (exact) mass is 718 g/mol. The lowest BCUT2D eigenvalue weighted by Crippen LogP contribution is -2.09. The van der Waals surface area contributed by atoms with Crippen LogP contribution in [0.2, 0.25) is 0 Å². The molecule has 55 heavy (non-hydrogen) atoms. The first kappa shape index (κ1) is 31.6. The molecule has 0 radical (unpaired) electrons. The zero-order chi connectivity index (χ0) is 36.3. The van der Waals surface area contributed by atoms with E-state index in [-0.39, 0.29) is 0 Å². The van der Waals surface area contributed by atoms with Gasteiger partial charge in [-0.1, -0.05) is 127 Å². The van der Waals surface area contributed by atoms with Crippen molar-refractivity contribution in [2.75, 3.05) is 4.90 Å². The Balaban J connectivity index is 1.14. The first-order valence-electron chi connectivity index (χ1n) is 18.8. The van der Waals surface area contributed by atoms with Crippen molar-refractivity contribution in [3.8, 4) is 27.9 Å². The van der Waals surface area contributed by atoms with E-state index in [1.165, 1.54) is 75.0 Å². The Hall–Kier alpha value is -6.94. The Morgan fingerprint density at radius 1 is 0.382 bits per heavy atom. The number of benzene rings is 9. The predicted molar refractivity (Wildman–Crippen MR) is 237 cm³/mol. The molecule has 2 nitrogen and oxygen atoms in total. The molecule has 2 aromatic heterocycles. The van der Waals surface area contributed by atoms with Crippen LogP contribution < -0.4 is 4.90 Å². The molecule has 0 spiro atoms. The number of hydrogen-bond donors (Lipinski definition) is 0. The van der Waals surface area contributed by atoms with Gasteiger partial charge in [-0.05, 0) is 107 Å². The van der Waals surface area contributed by atoms with Crippen molar-refractivity contribution in [3.05, 3.63) is 206 Å². The molecule has 0 aliphatic heterocycles. The van der Waals surface area contributed by atoms with Gasteiger partial charge in [-0.15, -0.1) is 11.3 Å². The molecular formula is C52H34N2S. The normalized spacial score (nSPS) is 11.6. The molecule has 0 bridgehead atoms. The van der Waals surface area contributed by atoms with E-state index in [0.29, 0.717) is 0 Å². The highest BCUT2D eigenvalue weighted by molar-refractivity contribution is 7.25. The Bertz CT molecular complexity index is 3180. The van der Waals surface area contributed by atoms with E-state index in [2.05, 4.69) is 216 Å². The molecule has 11 rings (SSSR count). The molecule has 258 valence electrons. The third-order valence-electron chi connectivity index (χ3n) is 10.9. The second-order valence-electron chi connectivity index (χ2n) is 14.1. The molecule has 11 aromatic rings. The summed E-state index contributed by atoms with van der Waals surface area (Å²) in [4.78, 5) is 2.37. The molecule has 0 unspecified atom stereocenters. The van der Waals surface area contributed by atoms with E-state index in [1.807, 2.05) is 11.3 Å². The molecule has 0 fully saturated rings. The first-order valence-corrected chi connectivity index (χ1v) is 19.6. The smallest absolute Gasteiger partial charge is 0.0625 e. The summed E-state index contributed by atoms with van der Waals surface area (Å²) in [5.74, 6) is 0. The maximum Gasteiger partial charge on any atom is 0.0625 e. The number of anilines is 3. The average molecular weight is 719 g/mol. The van der Waals surface area contributed by atoms with Crippen molar-refractivity contribution in [2.45, 2.75) is 0 Å². The lowest BCUT2D eigenvalue weighted by molar-refractivity contribution is 1.19. The summed E-state index contributed by atoms with van der Waals surface area (Å²) in [5.41, 5.74) is 11.8. The van der Waals surface area contributed by atoms with E-state index in [1.54, 1.807) is 0 Å². The van der Waals surface area contributed by atoms with E-state index in [0.717, 1.165) is 22.7 Å². The summed E-state index contributed by atoms with van der Waals surface area (Å²) in [6.45, 7) is 0. The Kier molecular flexibility index (Phi) is 7.39. The van der Waals surface area contributed by atoms with Crippen LogP contribution in [0, 0.1) is 0 Å². The maximum atomic E-state index is 2.46. The van der Waals surface area contributed by atoms with Crippen LogP contribution in [-0.4, -0.2) is 4.57 Å². The minimum Gasteiger partial charge on any atom is -0.310 e. The lowest BCUT2D eigenvalue weighted by Gasteiger charge is -2.26. The van der Waals surface area contributed by atoms with Crippen molar-refractivity contribution < 1.29 is 0 Å². The molecule has 0 saturated carbocycles. The SMILES string of the molecule is c1ccc(-c2ccc3c(c2)c2c(-c4ccc(N(c5ccccc5)c5ccc6sc7ccccc7c6c5)cc4)cc4ccccc4c2n3-c2ccccc2)cc1. The van der Waals surface area contributed by atoms with Crippen LogP contribution in [0.25, 0.3) is 80.7 Å². The third kappa shape index (κ3) is 5.24. The van der Waals surface area contributed by atoms with Crippen molar-refractivity contribution in [2.24, 2.45) is 0 Å². The predicted octanol–water partition coefficient (Wildman–Crippen LogP) is 15.1. The van der Waals surface area contributed by atoms with Crippen LogP contribution in [0.15, 0.2) is 206 Å². The number of hydrogen-bond acceptors (Lipinski definition) is 2. The Morgan fingerprint density at radius 3 is 1.80 bits per heavy atom. The van der Waals surface area contributed by atoms with Gasteiger partial charge in [0.05, 0.1) is 11.0 Å². The molecule has 0 amide bonds. The molecule has 2 heterocycles. The van der Waals surface area contributed by atoms with Gasteiger partial charge in [0, 0.05) is 59.1 Å². The maximum absolute atomic E-state index is 2.46. The summed E-state index contributed by atoms with van der Waals surface area (Å²) in [6, 6.07) is 75.2. The average Bonchev–Trinajstić information content (AvgIpc) is 3.81. The zero-order valence-electron chi connectivity index (χ0n) is 29.9. The molecule has 0 aliphatic carbocycles. The molecular weight excluding hydrogens is 685 g/mol. The van der Waals surface area contributed by atoms with E-state index in [9.17, 15) is 0 Å². The fraction of sp³-hybridized carbons (Fsp3) is 0. The molecule has 0 atom stereocenters. The highest BCUT2D eigenvalue weighted by atomic mass is 32.1. The topological polar surface area (TPSA) is 8.17 Å². The van der Waals surface area contributed by atoms with Gasteiger partial charge in [-0.2, -0.15) is 0 Å². The fourth-order valence-electron chi connectivity index (χ4n) is 8.44. The van der Waals surface area contributed by atoms with Crippen LogP contribution in [-0.2, 0) is 0 Å². The van der Waals surface area contributed by atoms with Gasteiger partial charge >= 0.3 is 0 Å². The molecule has 0 N–H and O–H groups in total. The number of fused-ring (bicyclic) bond motifs is 8. The van der Waals surface area contributed by atoms with Crippen molar-refractivity contribution in [1.82, 2.24) is 4.57 Å². The van der Waals surface area contributed by atoms with Crippen LogP contribution in [0.5, 0.6) is 0 Å². The summed E-state index contributed by atoms with van der Waals surface area (Å²) in [7, 11) is 0. The highest BCUT2D eigenvalue weighted by Gasteiger charge is 2.21. The van der Waals surface area contributed by atoms with Gasteiger partial charge < -0.3 is 9.47 Å². The number of thiophene rings is 1. The number of rotatable bonds is 6. The van der Waals surface area contributed by atoms with Gasteiger partial charge in [0.15, 0.2) is 0 Å². The summed E-state index contributed by atoms with van der Waals surface area (Å²) in [6.07, 6.45) is 0. The largest absolute Gasteiger partial charge is 0.310 e. The van der Waals surface area contributed by atoms with E-state index >= 15 is 0 Å². The summed E-state index contributed by atoms with van der Waals surface area (Å²) >= 11 is 1.86. The number of nitrogens with zero attached hydrogens (tertiary/aromatic N) is 2. The highest BCUT2D eigenvalue weighted by Crippen LogP contribution is 2.45. The lowest BCUT2D eigenvalue weighted by atomic mass is 9.94. The Labute approximate surface area is 323 Å². The van der Waals surface area contributed by atoms with Gasteiger partial charge in [0.2, 0.25) is 0 Å². The third-order valence-corrected chi connectivity index (χ3v) is 12.1. The minimum absolute atomic E-state index is 1.11. The van der Waals surface area contributed by atoms with E-state index < -0.39 is 0 Å². The van der Waals surface area contributed by atoms with Gasteiger partial charge in [0.25, 0.3) is 0 Å². The molecule has 0 aliphatic rings. The van der Waals surface area contributed by atoms with Crippen LogP contribution in [0.1, 0.15) is 0 Å². The summed E-state index contributed by atoms with van der Waals surface area (Å²) < 4.78 is 5.08. The van der Waals surface area contributed by atoms with Gasteiger partial charge in [0.1, 0.15) is 0 Å². The number of aromatic nitrogens is 1. The summed E-state index contributed by atoms with van der Waals surface area (Å²) in [5, 5.41) is 7.56. The fourth-order valence-corrected chi connectivity index (χ4v) is 9.52. The molecule has 3 heteroatoms. The minimum atomic E-state index is 1.11. The Morgan fingerprint density at radius 2 is 1.00 bits per heavy atom. The number of para-hydroxylation sites is 2. The molecule has 9 aromatic carbocycles. The van der Waals surface area contributed by atoms with Gasteiger partial charge in [-0.25, -0.2) is 0 Å².